The molecule has 8 nitrogen and oxygen atoms in total. The van der Waals surface area contributed by atoms with E-state index in [1.54, 1.807) is 17.7 Å². The Morgan fingerprint density at radius 1 is 1.17 bits per heavy atom. The zero-order valence-electron chi connectivity index (χ0n) is 16.4. The number of carbonyl (C=O) groups is 1. The molecule has 1 amide bonds. The maximum absolute atomic E-state index is 13.0. The Morgan fingerprint density at radius 2 is 1.86 bits per heavy atom. The summed E-state index contributed by atoms with van der Waals surface area (Å²) in [7, 11) is -1.99. The van der Waals surface area contributed by atoms with Crippen LogP contribution in [0.3, 0.4) is 0 Å². The van der Waals surface area contributed by atoms with Crippen LogP contribution in [0.4, 0.5) is 0 Å². The van der Waals surface area contributed by atoms with Crippen molar-refractivity contribution in [2.24, 2.45) is 7.05 Å². The third-order valence-corrected chi connectivity index (χ3v) is 7.60. The lowest BCUT2D eigenvalue weighted by Crippen LogP contribution is -2.40. The van der Waals surface area contributed by atoms with Gasteiger partial charge < -0.3 is 14.6 Å². The number of rotatable bonds is 4. The van der Waals surface area contributed by atoms with Crippen molar-refractivity contribution in [3.05, 3.63) is 40.2 Å². The highest BCUT2D eigenvalue weighted by atomic mass is 32.2. The number of hydrogen-bond acceptors (Lipinski definition) is 5. The second kappa shape index (κ2) is 7.89. The van der Waals surface area contributed by atoms with Crippen molar-refractivity contribution < 1.29 is 17.9 Å². The van der Waals surface area contributed by atoms with Crippen molar-refractivity contribution in [3.63, 3.8) is 0 Å². The third-order valence-electron chi connectivity index (χ3n) is 5.70. The molecule has 2 heterocycles. The molecule has 9 heteroatoms. The molecule has 0 atom stereocenters. The van der Waals surface area contributed by atoms with E-state index < -0.39 is 21.4 Å². The average molecular weight is 420 g/mol. The Morgan fingerprint density at radius 3 is 2.55 bits per heavy atom. The Bertz CT molecular complexity index is 1100. The number of nitrogens with one attached hydrogen (secondary N) is 1. The van der Waals surface area contributed by atoms with Gasteiger partial charge in [0.1, 0.15) is 5.56 Å². The van der Waals surface area contributed by atoms with Crippen molar-refractivity contribution in [2.45, 2.75) is 36.6 Å². The van der Waals surface area contributed by atoms with Gasteiger partial charge in [0.2, 0.25) is 15.5 Å². The van der Waals surface area contributed by atoms with Gasteiger partial charge >= 0.3 is 0 Å². The minimum Gasteiger partial charge on any atom is -0.379 e. The molecule has 1 aromatic carbocycles. The molecule has 2 aromatic rings. The molecule has 1 aliphatic carbocycles. The molecule has 0 unspecified atom stereocenters. The minimum absolute atomic E-state index is 0.0350. The number of nitrogens with zero attached hydrogens (tertiary/aromatic N) is 2. The highest BCUT2D eigenvalue weighted by molar-refractivity contribution is 7.89. The van der Waals surface area contributed by atoms with Gasteiger partial charge in [0.15, 0.2) is 0 Å². The van der Waals surface area contributed by atoms with E-state index in [2.05, 4.69) is 5.32 Å². The summed E-state index contributed by atoms with van der Waals surface area (Å²) in [5.41, 5.74) is 0.161. The van der Waals surface area contributed by atoms with Crippen LogP contribution in [0.25, 0.3) is 10.9 Å². The molecule has 0 spiro atoms. The fourth-order valence-electron chi connectivity index (χ4n) is 4.06. The van der Waals surface area contributed by atoms with E-state index in [0.29, 0.717) is 18.7 Å². The van der Waals surface area contributed by atoms with Gasteiger partial charge in [-0.2, -0.15) is 4.31 Å². The molecule has 4 rings (SSSR count). The maximum atomic E-state index is 13.0. The van der Waals surface area contributed by atoms with Crippen LogP contribution in [0.15, 0.2) is 34.1 Å². The zero-order valence-corrected chi connectivity index (χ0v) is 17.2. The lowest BCUT2D eigenvalue weighted by molar-refractivity contribution is 0.0730. The molecular weight excluding hydrogens is 394 g/mol. The number of ether oxygens (including phenoxy) is 1. The zero-order chi connectivity index (χ0) is 20.6. The summed E-state index contributed by atoms with van der Waals surface area (Å²) < 4.78 is 34.2. The predicted molar refractivity (Wildman–Crippen MR) is 108 cm³/mol. The fraction of sp³-hybridized carbons (Fsp3) is 0.500. The van der Waals surface area contributed by atoms with Crippen LogP contribution in [0, 0.1) is 0 Å². The first kappa shape index (κ1) is 20.1. The lowest BCUT2D eigenvalue weighted by Gasteiger charge is -2.26. The number of pyridine rings is 1. The number of benzene rings is 1. The first-order valence-electron chi connectivity index (χ1n) is 9.90. The summed E-state index contributed by atoms with van der Waals surface area (Å²) in [5.74, 6) is -0.402. The van der Waals surface area contributed by atoms with Crippen LogP contribution in [0.5, 0.6) is 0 Å². The first-order valence-corrected chi connectivity index (χ1v) is 11.3. The van der Waals surface area contributed by atoms with Crippen molar-refractivity contribution in [2.75, 3.05) is 26.3 Å². The average Bonchev–Trinajstić information content (AvgIpc) is 3.24. The number of carbonyl (C=O) groups excluding carboxylic acids is 1. The predicted octanol–water partition coefficient (Wildman–Crippen LogP) is 1.23. The van der Waals surface area contributed by atoms with Crippen LogP contribution in [-0.4, -0.2) is 55.5 Å². The largest absolute Gasteiger partial charge is 0.379 e. The van der Waals surface area contributed by atoms with Gasteiger partial charge in [-0.25, -0.2) is 8.42 Å². The number of aromatic nitrogens is 1. The minimum atomic E-state index is -3.73. The van der Waals surface area contributed by atoms with Crippen LogP contribution < -0.4 is 10.7 Å². The van der Waals surface area contributed by atoms with Crippen LogP contribution in [0.2, 0.25) is 0 Å². The van der Waals surface area contributed by atoms with E-state index >= 15 is 0 Å². The molecule has 156 valence electrons. The second-order valence-corrected chi connectivity index (χ2v) is 9.57. The van der Waals surface area contributed by atoms with Gasteiger partial charge in [0.05, 0.1) is 23.6 Å². The highest BCUT2D eigenvalue weighted by Crippen LogP contribution is 2.22. The second-order valence-electron chi connectivity index (χ2n) is 7.63. The fourth-order valence-corrected chi connectivity index (χ4v) is 5.50. The van der Waals surface area contributed by atoms with Gasteiger partial charge in [0.25, 0.3) is 5.91 Å². The van der Waals surface area contributed by atoms with E-state index in [1.807, 2.05) is 0 Å². The monoisotopic (exact) mass is 419 g/mol. The SMILES string of the molecule is Cn1cc(C(=O)NC2CCCC2)c(=O)c2cc(S(=O)(=O)N3CCOCC3)ccc21. The van der Waals surface area contributed by atoms with Crippen LogP contribution in [-0.2, 0) is 21.8 Å². The molecule has 0 radical (unpaired) electrons. The van der Waals surface area contributed by atoms with Crippen molar-refractivity contribution in [3.8, 4) is 0 Å². The summed E-state index contributed by atoms with van der Waals surface area (Å²) in [5, 5.41) is 3.15. The number of amides is 1. The standard InChI is InChI=1S/C20H25N3O5S/c1-22-13-17(20(25)21-14-4-2-3-5-14)19(24)16-12-15(6-7-18(16)22)29(26,27)23-8-10-28-11-9-23/h6-7,12-14H,2-5,8-11H2,1H3,(H,21,25). The number of hydrogen-bond donors (Lipinski definition) is 1. The number of morpholine rings is 1. The van der Waals surface area contributed by atoms with E-state index in [-0.39, 0.29) is 35.0 Å². The Labute approximate surface area is 169 Å². The van der Waals surface area contributed by atoms with Gasteiger partial charge in [-0.3, -0.25) is 9.59 Å². The molecule has 1 aromatic heterocycles. The normalized spacial score (nSPS) is 18.9. The molecular formula is C20H25N3O5S. The van der Waals surface area contributed by atoms with E-state index in [0.717, 1.165) is 25.7 Å². The van der Waals surface area contributed by atoms with Gasteiger partial charge in [-0.05, 0) is 31.0 Å². The van der Waals surface area contributed by atoms with Crippen LogP contribution >= 0.6 is 0 Å². The number of sulfonamides is 1. The molecule has 1 saturated heterocycles. The smallest absolute Gasteiger partial charge is 0.256 e. The van der Waals surface area contributed by atoms with Crippen molar-refractivity contribution >= 4 is 26.8 Å². The number of aryl methyl sites for hydroxylation is 1. The van der Waals surface area contributed by atoms with Gasteiger partial charge in [0, 0.05) is 37.8 Å². The Kier molecular flexibility index (Phi) is 5.46. The molecule has 1 N–H and O–H groups in total. The van der Waals surface area contributed by atoms with E-state index in [9.17, 15) is 18.0 Å². The summed E-state index contributed by atoms with van der Waals surface area (Å²) in [6.07, 6.45) is 5.50. The Balaban J connectivity index is 1.74. The molecule has 1 aliphatic heterocycles. The summed E-state index contributed by atoms with van der Waals surface area (Å²) in [6.45, 7) is 1.25. The van der Waals surface area contributed by atoms with E-state index in [4.69, 9.17) is 4.74 Å². The maximum Gasteiger partial charge on any atom is 0.256 e. The summed E-state index contributed by atoms with van der Waals surface area (Å²) in [4.78, 5) is 25.8. The molecule has 2 aliphatic rings. The Hall–Kier alpha value is -2.23. The van der Waals surface area contributed by atoms with Crippen molar-refractivity contribution in [1.29, 1.82) is 0 Å². The number of fused-ring (bicyclic) bond motifs is 1. The van der Waals surface area contributed by atoms with Crippen molar-refractivity contribution in [1.82, 2.24) is 14.2 Å². The molecule has 2 fully saturated rings. The van der Waals surface area contributed by atoms with E-state index in [1.165, 1.54) is 22.6 Å². The highest BCUT2D eigenvalue weighted by Gasteiger charge is 2.27. The van der Waals surface area contributed by atoms with Gasteiger partial charge in [-0.15, -0.1) is 0 Å². The van der Waals surface area contributed by atoms with Crippen LogP contribution in [0.1, 0.15) is 36.0 Å². The first-order chi connectivity index (χ1) is 13.9. The molecule has 0 bridgehead atoms. The lowest BCUT2D eigenvalue weighted by atomic mass is 10.1. The molecule has 29 heavy (non-hydrogen) atoms. The van der Waals surface area contributed by atoms with Gasteiger partial charge in [-0.1, -0.05) is 12.8 Å². The third kappa shape index (κ3) is 3.82. The summed E-state index contributed by atoms with van der Waals surface area (Å²) in [6, 6.07) is 4.60. The molecule has 1 saturated carbocycles. The topological polar surface area (TPSA) is 97.7 Å². The summed E-state index contributed by atoms with van der Waals surface area (Å²) >= 11 is 0. The quantitative estimate of drug-likeness (QED) is 0.804.